The molecule has 3 heterocycles. The molecular formula is C46H60Cl2FN9O5S. The van der Waals surface area contributed by atoms with Crippen LogP contribution < -0.4 is 26.0 Å². The Morgan fingerprint density at radius 2 is 1.67 bits per heavy atom. The first-order chi connectivity index (χ1) is 30.7. The van der Waals surface area contributed by atoms with Crippen molar-refractivity contribution in [3.8, 4) is 5.75 Å². The standard InChI is InChI=1S/C46H60Cl2FN9O5S/c1-45(2,38(54-43(62)46(49)17-18-46)42(61)58-19-5-6-36(58)40(59)51-25-29-11-14-33(47)15-12-29)64-28-31-9-7-30(8-10-31)27-56-20-22-57(23-21-56)41(60)32-13-16-35(37(24-32)63-4)53-44-52-26-34(48)39(50-3)55-44/h11-16,24,26,30-31,36,38H,5-10,17-23,25,27-28H2,1-4H3,(H,51,59)(H,54,62)(H2,50,52,53,55). The molecular weight excluding hydrogens is 881 g/mol. The average molecular weight is 941 g/mol. The van der Waals surface area contributed by atoms with Crippen molar-refractivity contribution in [2.75, 3.05) is 69.8 Å². The van der Waals surface area contributed by atoms with Crippen molar-refractivity contribution in [3.63, 3.8) is 0 Å². The summed E-state index contributed by atoms with van der Waals surface area (Å²) >= 11 is 13.8. The zero-order chi connectivity index (χ0) is 45.6. The Kier molecular flexibility index (Phi) is 15.5. The number of carbonyl (C=O) groups is 4. The number of hydrogen-bond donors (Lipinski definition) is 4. The van der Waals surface area contributed by atoms with Crippen LogP contribution in [0.3, 0.4) is 0 Å². The number of benzene rings is 2. The van der Waals surface area contributed by atoms with Gasteiger partial charge < -0.3 is 35.8 Å². The molecule has 2 saturated heterocycles. The number of piperazine rings is 1. The van der Waals surface area contributed by atoms with Crippen molar-refractivity contribution < 1.29 is 28.3 Å². The molecule has 2 atom stereocenters. The second-order valence-corrected chi connectivity index (χ2v) is 20.5. The molecule has 2 aliphatic carbocycles. The van der Waals surface area contributed by atoms with Crippen LogP contribution in [-0.4, -0.2) is 130 Å². The first-order valence-corrected chi connectivity index (χ1v) is 24.0. The van der Waals surface area contributed by atoms with E-state index < -0.39 is 28.4 Å². The van der Waals surface area contributed by atoms with Gasteiger partial charge in [0.15, 0.2) is 5.67 Å². The molecule has 2 unspecified atom stereocenters. The second kappa shape index (κ2) is 20.8. The second-order valence-electron chi connectivity index (χ2n) is 18.0. The number of carbonyl (C=O) groups excluding carboxylic acids is 4. The number of methoxy groups -OCH3 is 1. The van der Waals surface area contributed by atoms with Gasteiger partial charge in [-0.05, 0) is 119 Å². The highest BCUT2D eigenvalue weighted by molar-refractivity contribution is 8.00. The summed E-state index contributed by atoms with van der Waals surface area (Å²) in [5.41, 5.74) is 0.121. The van der Waals surface area contributed by atoms with E-state index in [4.69, 9.17) is 27.9 Å². The molecule has 2 aromatic carbocycles. The highest BCUT2D eigenvalue weighted by Gasteiger charge is 2.54. The number of likely N-dealkylation sites (tertiary alicyclic amines) is 1. The molecule has 4 fully saturated rings. The molecule has 4 amide bonds. The Balaban J connectivity index is 0.873. The fraction of sp³-hybridized carbons (Fsp3) is 0.565. The van der Waals surface area contributed by atoms with Crippen LogP contribution in [-0.2, 0) is 20.9 Å². The summed E-state index contributed by atoms with van der Waals surface area (Å²) in [6, 6.07) is 10.9. The van der Waals surface area contributed by atoms with E-state index in [9.17, 15) is 19.2 Å². The van der Waals surface area contributed by atoms with Gasteiger partial charge in [-0.3, -0.25) is 24.1 Å². The Morgan fingerprint density at radius 1 is 0.969 bits per heavy atom. The minimum atomic E-state index is -1.94. The lowest BCUT2D eigenvalue weighted by Gasteiger charge is -2.40. The molecule has 3 aromatic rings. The Labute approximate surface area is 389 Å². The predicted molar refractivity (Wildman–Crippen MR) is 250 cm³/mol. The normalized spacial score (nSPS) is 21.5. The largest absolute Gasteiger partial charge is 0.495 e. The fourth-order valence-corrected chi connectivity index (χ4v) is 10.5. The number of thioether (sulfide) groups is 1. The van der Waals surface area contributed by atoms with Crippen LogP contribution in [0.25, 0.3) is 0 Å². The average Bonchev–Trinajstić information content (AvgIpc) is 3.86. The number of nitrogens with one attached hydrogen (secondary N) is 4. The van der Waals surface area contributed by atoms with Gasteiger partial charge in [0.1, 0.15) is 28.7 Å². The third-order valence-corrected chi connectivity index (χ3v) is 15.2. The molecule has 1 aromatic heterocycles. The maximum absolute atomic E-state index is 15.1. The lowest BCUT2D eigenvalue weighted by Crippen LogP contribution is -2.61. The van der Waals surface area contributed by atoms with Crippen molar-refractivity contribution in [1.82, 2.24) is 35.3 Å². The van der Waals surface area contributed by atoms with Crippen molar-refractivity contribution in [2.24, 2.45) is 11.8 Å². The van der Waals surface area contributed by atoms with Gasteiger partial charge in [0.25, 0.3) is 11.8 Å². The topological polar surface area (TPSA) is 161 Å². The lowest BCUT2D eigenvalue weighted by molar-refractivity contribution is -0.143. The molecule has 14 nitrogen and oxygen atoms in total. The number of alkyl halides is 1. The summed E-state index contributed by atoms with van der Waals surface area (Å²) in [4.78, 5) is 69.1. The highest BCUT2D eigenvalue weighted by Crippen LogP contribution is 2.42. The smallest absolute Gasteiger partial charge is 0.258 e. The van der Waals surface area contributed by atoms with E-state index in [-0.39, 0.29) is 30.6 Å². The van der Waals surface area contributed by atoms with E-state index in [2.05, 4.69) is 36.1 Å². The van der Waals surface area contributed by atoms with E-state index in [1.54, 1.807) is 61.2 Å². The van der Waals surface area contributed by atoms with E-state index in [1.807, 2.05) is 30.9 Å². The van der Waals surface area contributed by atoms with Crippen LogP contribution >= 0.6 is 35.0 Å². The zero-order valence-corrected chi connectivity index (χ0v) is 39.4. The van der Waals surface area contributed by atoms with Crippen LogP contribution in [0.4, 0.5) is 21.8 Å². The first kappa shape index (κ1) is 47.6. The summed E-state index contributed by atoms with van der Waals surface area (Å²) < 4.78 is 19.9. The number of anilines is 3. The molecule has 0 bridgehead atoms. The molecule has 0 radical (unpaired) electrons. The number of aromatic nitrogens is 2. The quantitative estimate of drug-likeness (QED) is 0.111. The van der Waals surface area contributed by atoms with Crippen LogP contribution in [0.1, 0.15) is 81.1 Å². The summed E-state index contributed by atoms with van der Waals surface area (Å²) in [5.74, 6) is 1.76. The predicted octanol–water partition coefficient (Wildman–Crippen LogP) is 6.95. The van der Waals surface area contributed by atoms with Crippen molar-refractivity contribution in [1.29, 1.82) is 0 Å². The number of halogens is 3. The van der Waals surface area contributed by atoms with Gasteiger partial charge in [0.2, 0.25) is 17.8 Å². The summed E-state index contributed by atoms with van der Waals surface area (Å²) in [6.07, 6.45) is 7.27. The van der Waals surface area contributed by atoms with Gasteiger partial charge in [-0.1, -0.05) is 35.3 Å². The molecule has 4 N–H and O–H groups in total. The first-order valence-electron chi connectivity index (χ1n) is 22.3. The van der Waals surface area contributed by atoms with Crippen LogP contribution in [0.2, 0.25) is 10.0 Å². The van der Waals surface area contributed by atoms with E-state index in [1.165, 1.54) is 6.20 Å². The number of rotatable bonds is 17. The molecule has 2 saturated carbocycles. The molecule has 0 spiro atoms. The van der Waals surface area contributed by atoms with Crippen LogP contribution in [0.5, 0.6) is 5.75 Å². The fourth-order valence-electron chi connectivity index (χ4n) is 8.84. The molecule has 2 aliphatic heterocycles. The SMILES string of the molecule is CNc1nc(Nc2ccc(C(=O)N3CCN(CC4CCC(CSC(C)(C)C(NC(=O)C5(F)CC5)C(=O)N5CCCC5C(=O)NCc5ccc(Cl)cc5)CC4)CC3)cc2OC)ncc1Cl. The molecule has 18 heteroatoms. The molecule has 346 valence electrons. The van der Waals surface area contributed by atoms with Gasteiger partial charge in [-0.2, -0.15) is 16.7 Å². The lowest BCUT2D eigenvalue weighted by atomic mass is 9.82. The van der Waals surface area contributed by atoms with Gasteiger partial charge in [-0.15, -0.1) is 0 Å². The number of ether oxygens (including phenoxy) is 1. The van der Waals surface area contributed by atoms with Gasteiger partial charge in [0, 0.05) is 68.2 Å². The summed E-state index contributed by atoms with van der Waals surface area (Å²) in [7, 11) is 3.28. The number of nitrogens with zero attached hydrogens (tertiary/aromatic N) is 5. The van der Waals surface area contributed by atoms with Crippen molar-refractivity contribution in [3.05, 3.63) is 69.8 Å². The van der Waals surface area contributed by atoms with E-state index in [0.717, 1.165) is 56.6 Å². The Hall–Kier alpha value is -4.38. The molecule has 64 heavy (non-hydrogen) atoms. The van der Waals surface area contributed by atoms with E-state index >= 15 is 4.39 Å². The highest BCUT2D eigenvalue weighted by atomic mass is 35.5. The summed E-state index contributed by atoms with van der Waals surface area (Å²) in [5, 5.41) is 12.9. The summed E-state index contributed by atoms with van der Waals surface area (Å²) in [6.45, 7) is 8.45. The minimum absolute atomic E-state index is 0.0399. The number of amides is 4. The zero-order valence-electron chi connectivity index (χ0n) is 37.1. The van der Waals surface area contributed by atoms with Crippen molar-refractivity contribution >= 4 is 76.0 Å². The van der Waals surface area contributed by atoms with Crippen molar-refractivity contribution in [2.45, 2.75) is 94.3 Å². The van der Waals surface area contributed by atoms with E-state index in [0.29, 0.717) is 89.7 Å². The third kappa shape index (κ3) is 11.7. The van der Waals surface area contributed by atoms with Gasteiger partial charge >= 0.3 is 0 Å². The maximum Gasteiger partial charge on any atom is 0.258 e. The molecule has 4 aliphatic rings. The third-order valence-electron chi connectivity index (χ3n) is 13.0. The molecule has 7 rings (SSSR count). The van der Waals surface area contributed by atoms with Crippen LogP contribution in [0, 0.1) is 11.8 Å². The number of hydrogen-bond acceptors (Lipinski definition) is 11. The van der Waals surface area contributed by atoms with Crippen LogP contribution in [0.15, 0.2) is 48.7 Å². The monoisotopic (exact) mass is 939 g/mol. The Bertz CT molecular complexity index is 2150. The Morgan fingerprint density at radius 3 is 2.34 bits per heavy atom. The van der Waals surface area contributed by atoms with Gasteiger partial charge in [-0.25, -0.2) is 9.37 Å². The van der Waals surface area contributed by atoms with Gasteiger partial charge in [0.05, 0.1) is 19.0 Å². The maximum atomic E-state index is 15.1. The minimum Gasteiger partial charge on any atom is -0.495 e.